The Morgan fingerprint density at radius 2 is 1.62 bits per heavy atom. The summed E-state index contributed by atoms with van der Waals surface area (Å²) in [5.41, 5.74) is 0. The number of hydrogen-bond donors (Lipinski definition) is 0. The fourth-order valence-corrected chi connectivity index (χ4v) is 2.82. The molecule has 0 spiro atoms. The zero-order valence-electron chi connectivity index (χ0n) is 17.4. The molecule has 4 heteroatoms. The minimum atomic E-state index is -0.618. The van der Waals surface area contributed by atoms with Crippen molar-refractivity contribution in [1.29, 1.82) is 0 Å². The molecular weight excluding hydrogens is 328 g/mol. The molecule has 1 aliphatic heterocycles. The summed E-state index contributed by atoms with van der Waals surface area (Å²) < 4.78 is 22.7. The maximum Gasteiger partial charge on any atom is 0.163 e. The lowest BCUT2D eigenvalue weighted by atomic mass is 10.0. The summed E-state index contributed by atoms with van der Waals surface area (Å²) in [5.74, 6) is 10.5. The van der Waals surface area contributed by atoms with E-state index >= 15 is 0 Å². The monoisotopic (exact) mass is 364 g/mol. The normalized spacial score (nSPS) is 21.6. The van der Waals surface area contributed by atoms with Crippen molar-refractivity contribution in [3.05, 3.63) is 0 Å². The van der Waals surface area contributed by atoms with Gasteiger partial charge in [0.15, 0.2) is 11.6 Å². The Balaban J connectivity index is 2.39. The molecule has 1 saturated heterocycles. The lowest BCUT2D eigenvalue weighted by Gasteiger charge is -2.21. The lowest BCUT2D eigenvalue weighted by Crippen LogP contribution is -2.26. The second-order valence-electron chi connectivity index (χ2n) is 7.62. The second kappa shape index (κ2) is 11.6. The average molecular weight is 365 g/mol. The van der Waals surface area contributed by atoms with E-state index in [1.54, 1.807) is 7.11 Å². The standard InChI is InChI=1S/C22H36O4/c1-7-8-9-10-13-16-19-20(26-22(4,5)25-19)17-14-11-12-15-18-24-21(2,3)23-6/h19-20H,7-10,13,16-18H2,1-6H3/t19-,20-/m0/s1. The first-order valence-corrected chi connectivity index (χ1v) is 9.80. The van der Waals surface area contributed by atoms with Gasteiger partial charge in [-0.15, -0.1) is 0 Å². The smallest absolute Gasteiger partial charge is 0.163 e. The third-order valence-electron chi connectivity index (χ3n) is 4.40. The Kier molecular flexibility index (Phi) is 10.3. The third-order valence-corrected chi connectivity index (χ3v) is 4.40. The van der Waals surface area contributed by atoms with E-state index in [2.05, 4.69) is 30.6 Å². The van der Waals surface area contributed by atoms with E-state index in [0.717, 1.165) is 6.42 Å². The van der Waals surface area contributed by atoms with Gasteiger partial charge in [-0.25, -0.2) is 0 Å². The maximum absolute atomic E-state index is 6.05. The van der Waals surface area contributed by atoms with Gasteiger partial charge < -0.3 is 18.9 Å². The molecule has 0 bridgehead atoms. The molecule has 1 heterocycles. The molecule has 0 saturated carbocycles. The van der Waals surface area contributed by atoms with E-state index in [1.807, 2.05) is 27.7 Å². The van der Waals surface area contributed by atoms with E-state index in [9.17, 15) is 0 Å². The van der Waals surface area contributed by atoms with Crippen LogP contribution in [0.25, 0.3) is 0 Å². The molecule has 0 aromatic carbocycles. The quantitative estimate of drug-likeness (QED) is 0.321. The molecule has 0 aromatic heterocycles. The van der Waals surface area contributed by atoms with Crippen LogP contribution >= 0.6 is 0 Å². The first-order chi connectivity index (χ1) is 12.3. The highest BCUT2D eigenvalue weighted by Crippen LogP contribution is 2.32. The summed E-state index contributed by atoms with van der Waals surface area (Å²) in [6.07, 6.45) is 8.14. The van der Waals surface area contributed by atoms with Crippen LogP contribution in [-0.2, 0) is 18.9 Å². The van der Waals surface area contributed by atoms with E-state index in [0.29, 0.717) is 13.0 Å². The number of methoxy groups -OCH3 is 1. The van der Waals surface area contributed by atoms with Gasteiger partial charge in [0.2, 0.25) is 0 Å². The molecule has 148 valence electrons. The topological polar surface area (TPSA) is 36.9 Å². The fourth-order valence-electron chi connectivity index (χ4n) is 2.82. The van der Waals surface area contributed by atoms with Crippen molar-refractivity contribution in [2.75, 3.05) is 13.7 Å². The molecule has 26 heavy (non-hydrogen) atoms. The van der Waals surface area contributed by atoms with Crippen molar-refractivity contribution in [1.82, 2.24) is 0 Å². The Bertz CT molecular complexity index is 516. The van der Waals surface area contributed by atoms with Gasteiger partial charge in [0.05, 0.1) is 12.2 Å². The highest BCUT2D eigenvalue weighted by molar-refractivity contribution is 5.26. The first kappa shape index (κ1) is 23.0. The number of ether oxygens (including phenoxy) is 4. The van der Waals surface area contributed by atoms with Crippen LogP contribution in [0.5, 0.6) is 0 Å². The predicted octanol–water partition coefficient (Wildman–Crippen LogP) is 4.66. The molecule has 0 amide bonds. The summed E-state index contributed by atoms with van der Waals surface area (Å²) in [6.45, 7) is 10.2. The van der Waals surface area contributed by atoms with Crippen molar-refractivity contribution in [2.45, 2.75) is 103 Å². The third kappa shape index (κ3) is 9.60. The second-order valence-corrected chi connectivity index (χ2v) is 7.62. The van der Waals surface area contributed by atoms with Gasteiger partial charge in [0.25, 0.3) is 0 Å². The molecule has 0 radical (unpaired) electrons. The van der Waals surface area contributed by atoms with Crippen LogP contribution in [0.1, 0.15) is 79.6 Å². The Morgan fingerprint density at radius 1 is 0.962 bits per heavy atom. The maximum atomic E-state index is 6.05. The van der Waals surface area contributed by atoms with Crippen LogP contribution in [0.4, 0.5) is 0 Å². The zero-order valence-corrected chi connectivity index (χ0v) is 17.4. The summed E-state index contributed by atoms with van der Waals surface area (Å²) in [7, 11) is 1.61. The summed E-state index contributed by atoms with van der Waals surface area (Å²) in [6, 6.07) is 0. The van der Waals surface area contributed by atoms with Crippen molar-refractivity contribution < 1.29 is 18.9 Å². The van der Waals surface area contributed by atoms with Crippen LogP contribution < -0.4 is 0 Å². The van der Waals surface area contributed by atoms with Crippen LogP contribution in [0.3, 0.4) is 0 Å². The summed E-state index contributed by atoms with van der Waals surface area (Å²) >= 11 is 0. The first-order valence-electron chi connectivity index (χ1n) is 9.80. The Hall–Kier alpha value is -1.04. The van der Waals surface area contributed by atoms with Gasteiger partial charge in [-0.3, -0.25) is 0 Å². The molecule has 0 aliphatic carbocycles. The van der Waals surface area contributed by atoms with Crippen molar-refractivity contribution in [3.8, 4) is 23.7 Å². The number of hydrogen-bond acceptors (Lipinski definition) is 4. The average Bonchev–Trinajstić information content (AvgIpc) is 2.87. The Labute approximate surface area is 160 Å². The molecule has 1 fully saturated rings. The summed E-state index contributed by atoms with van der Waals surface area (Å²) in [5, 5.41) is 0. The Morgan fingerprint density at radius 3 is 2.31 bits per heavy atom. The van der Waals surface area contributed by atoms with Gasteiger partial charge in [-0.05, 0) is 46.0 Å². The van der Waals surface area contributed by atoms with Crippen LogP contribution in [0.2, 0.25) is 0 Å². The SMILES string of the molecule is CCCCCCC[C@@H]1OC(C)(C)O[C@H]1CC#CC#CCOC(C)(C)OC. The molecule has 0 N–H and O–H groups in total. The molecule has 0 unspecified atom stereocenters. The molecule has 2 atom stereocenters. The van der Waals surface area contributed by atoms with Crippen LogP contribution in [-0.4, -0.2) is 37.5 Å². The van der Waals surface area contributed by atoms with Crippen LogP contribution in [0, 0.1) is 23.7 Å². The minimum Gasteiger partial charge on any atom is -0.354 e. The van der Waals surface area contributed by atoms with E-state index in [-0.39, 0.29) is 12.2 Å². The van der Waals surface area contributed by atoms with E-state index in [4.69, 9.17) is 18.9 Å². The minimum absolute atomic E-state index is 0.0224. The zero-order chi connectivity index (χ0) is 19.5. The van der Waals surface area contributed by atoms with Gasteiger partial charge in [0.1, 0.15) is 6.61 Å². The van der Waals surface area contributed by atoms with Crippen molar-refractivity contribution in [3.63, 3.8) is 0 Å². The molecular formula is C22H36O4. The van der Waals surface area contributed by atoms with E-state index < -0.39 is 11.6 Å². The fraction of sp³-hybridized carbons (Fsp3) is 0.818. The molecule has 1 aliphatic rings. The molecule has 4 nitrogen and oxygen atoms in total. The van der Waals surface area contributed by atoms with Crippen LogP contribution in [0.15, 0.2) is 0 Å². The van der Waals surface area contributed by atoms with Gasteiger partial charge >= 0.3 is 0 Å². The largest absolute Gasteiger partial charge is 0.354 e. The predicted molar refractivity (Wildman–Crippen MR) is 104 cm³/mol. The van der Waals surface area contributed by atoms with Gasteiger partial charge in [0, 0.05) is 13.5 Å². The van der Waals surface area contributed by atoms with Crippen molar-refractivity contribution >= 4 is 0 Å². The number of unbranched alkanes of at least 4 members (excludes halogenated alkanes) is 4. The summed E-state index contributed by atoms with van der Waals surface area (Å²) in [4.78, 5) is 0. The highest BCUT2D eigenvalue weighted by atomic mass is 16.7. The van der Waals surface area contributed by atoms with E-state index in [1.165, 1.54) is 32.1 Å². The molecule has 0 aromatic rings. The molecule has 1 rings (SSSR count). The lowest BCUT2D eigenvalue weighted by molar-refractivity contribution is -0.188. The highest BCUT2D eigenvalue weighted by Gasteiger charge is 2.40. The van der Waals surface area contributed by atoms with Crippen molar-refractivity contribution in [2.24, 2.45) is 0 Å². The van der Waals surface area contributed by atoms with Gasteiger partial charge in [-0.2, -0.15) is 0 Å². The number of rotatable bonds is 10. The van der Waals surface area contributed by atoms with Gasteiger partial charge in [-0.1, -0.05) is 50.9 Å².